The molecule has 0 aliphatic carbocycles. The van der Waals surface area contributed by atoms with Gasteiger partial charge in [-0.25, -0.2) is 13.1 Å². The Bertz CT molecular complexity index is 656. The molecule has 0 amide bonds. The number of rotatable bonds is 6. The van der Waals surface area contributed by atoms with Crippen LogP contribution in [0.5, 0.6) is 0 Å². The van der Waals surface area contributed by atoms with E-state index in [-0.39, 0.29) is 4.90 Å². The maximum atomic E-state index is 12.0. The highest BCUT2D eigenvalue weighted by atomic mass is 32.2. The molecule has 1 aromatic carbocycles. The lowest BCUT2D eigenvalue weighted by Gasteiger charge is -2.07. The highest BCUT2D eigenvalue weighted by Crippen LogP contribution is 2.16. The molecule has 1 heterocycles. The van der Waals surface area contributed by atoms with Gasteiger partial charge in [0, 0.05) is 31.8 Å². The van der Waals surface area contributed by atoms with E-state index in [1.165, 1.54) is 6.20 Å². The van der Waals surface area contributed by atoms with Crippen molar-refractivity contribution in [3.05, 3.63) is 36.5 Å². The van der Waals surface area contributed by atoms with Crippen LogP contribution in [0.4, 0.5) is 0 Å². The van der Waals surface area contributed by atoms with Crippen molar-refractivity contribution in [2.24, 2.45) is 0 Å². The van der Waals surface area contributed by atoms with E-state index in [1.807, 2.05) is 24.3 Å². The molecule has 6 heteroatoms. The van der Waals surface area contributed by atoms with Crippen LogP contribution in [0, 0.1) is 0 Å². The van der Waals surface area contributed by atoms with E-state index in [1.54, 1.807) is 13.2 Å². The Balaban J connectivity index is 2.18. The van der Waals surface area contributed by atoms with Crippen molar-refractivity contribution < 1.29 is 13.2 Å². The van der Waals surface area contributed by atoms with E-state index >= 15 is 0 Å². The minimum atomic E-state index is -3.50. The first kappa shape index (κ1) is 13.9. The smallest absolute Gasteiger partial charge is 0.242 e. The maximum Gasteiger partial charge on any atom is 0.242 e. The van der Waals surface area contributed by atoms with E-state index in [2.05, 4.69) is 9.71 Å². The molecule has 0 saturated heterocycles. The zero-order valence-corrected chi connectivity index (χ0v) is 11.5. The second kappa shape index (κ2) is 6.10. The topological polar surface area (TPSA) is 68.3 Å². The maximum absolute atomic E-state index is 12.0. The number of fused-ring (bicyclic) bond motifs is 1. The number of benzene rings is 1. The van der Waals surface area contributed by atoms with Gasteiger partial charge in [0.15, 0.2) is 0 Å². The number of hydrogen-bond acceptors (Lipinski definition) is 4. The van der Waals surface area contributed by atoms with Gasteiger partial charge in [-0.2, -0.15) is 0 Å². The monoisotopic (exact) mass is 280 g/mol. The van der Waals surface area contributed by atoms with Gasteiger partial charge < -0.3 is 4.74 Å². The number of nitrogens with one attached hydrogen (secondary N) is 1. The Labute approximate surface area is 112 Å². The van der Waals surface area contributed by atoms with Gasteiger partial charge in [0.05, 0.1) is 5.52 Å². The summed E-state index contributed by atoms with van der Waals surface area (Å²) in [5.41, 5.74) is 0.779. The average Bonchev–Trinajstić information content (AvgIpc) is 2.43. The SMILES string of the molecule is COCCCNS(=O)(=O)c1cnc2ccccc2c1. The van der Waals surface area contributed by atoms with E-state index in [0.29, 0.717) is 19.6 Å². The number of para-hydroxylation sites is 1. The number of hydrogen-bond donors (Lipinski definition) is 1. The van der Waals surface area contributed by atoms with Crippen molar-refractivity contribution in [1.82, 2.24) is 9.71 Å². The lowest BCUT2D eigenvalue weighted by molar-refractivity contribution is 0.196. The summed E-state index contributed by atoms with van der Waals surface area (Å²) in [5.74, 6) is 0. The standard InChI is InChI=1S/C13H16N2O3S/c1-18-8-4-7-15-19(16,17)12-9-11-5-2-3-6-13(11)14-10-12/h2-3,5-6,9-10,15H,4,7-8H2,1H3. The normalized spacial score (nSPS) is 11.8. The zero-order valence-electron chi connectivity index (χ0n) is 10.7. The first-order valence-corrected chi connectivity index (χ1v) is 7.45. The molecular formula is C13H16N2O3S. The summed E-state index contributed by atoms with van der Waals surface area (Å²) in [6.07, 6.45) is 2.01. The van der Waals surface area contributed by atoms with E-state index in [4.69, 9.17) is 4.74 Å². The molecule has 2 aromatic rings. The van der Waals surface area contributed by atoms with Crippen LogP contribution in [-0.4, -0.2) is 33.7 Å². The van der Waals surface area contributed by atoms with Gasteiger partial charge in [-0.3, -0.25) is 4.98 Å². The minimum absolute atomic E-state index is 0.184. The van der Waals surface area contributed by atoms with Crippen LogP contribution in [0.1, 0.15) is 6.42 Å². The van der Waals surface area contributed by atoms with Crippen molar-refractivity contribution in [3.8, 4) is 0 Å². The summed E-state index contributed by atoms with van der Waals surface area (Å²) >= 11 is 0. The molecule has 0 radical (unpaired) electrons. The van der Waals surface area contributed by atoms with Crippen LogP contribution in [0.25, 0.3) is 10.9 Å². The van der Waals surface area contributed by atoms with Gasteiger partial charge in [0.1, 0.15) is 4.90 Å². The Morgan fingerprint density at radius 2 is 2.11 bits per heavy atom. The quantitative estimate of drug-likeness (QED) is 0.815. The molecule has 0 aliphatic rings. The van der Waals surface area contributed by atoms with Crippen LogP contribution in [0.3, 0.4) is 0 Å². The number of aromatic nitrogens is 1. The van der Waals surface area contributed by atoms with Gasteiger partial charge in [-0.1, -0.05) is 18.2 Å². The largest absolute Gasteiger partial charge is 0.385 e. The Hall–Kier alpha value is -1.50. The number of nitrogens with zero attached hydrogens (tertiary/aromatic N) is 1. The molecule has 102 valence electrons. The van der Waals surface area contributed by atoms with E-state index in [0.717, 1.165) is 10.9 Å². The molecule has 5 nitrogen and oxygen atoms in total. The first-order chi connectivity index (χ1) is 9.13. The molecule has 2 rings (SSSR count). The summed E-state index contributed by atoms with van der Waals surface area (Å²) < 4.78 is 31.5. The third-order valence-electron chi connectivity index (χ3n) is 2.69. The van der Waals surface area contributed by atoms with Crippen molar-refractivity contribution in [2.45, 2.75) is 11.3 Å². The molecule has 0 aliphatic heterocycles. The Kier molecular flexibility index (Phi) is 4.47. The van der Waals surface area contributed by atoms with Gasteiger partial charge >= 0.3 is 0 Å². The van der Waals surface area contributed by atoms with Crippen LogP contribution in [0.2, 0.25) is 0 Å². The van der Waals surface area contributed by atoms with Crippen molar-refractivity contribution in [1.29, 1.82) is 0 Å². The predicted octanol–water partition coefficient (Wildman–Crippen LogP) is 1.55. The molecular weight excluding hydrogens is 264 g/mol. The molecule has 0 saturated carbocycles. The summed E-state index contributed by atoms with van der Waals surface area (Å²) in [6.45, 7) is 0.876. The van der Waals surface area contributed by atoms with Crippen molar-refractivity contribution in [3.63, 3.8) is 0 Å². The number of methoxy groups -OCH3 is 1. The summed E-state index contributed by atoms with van der Waals surface area (Å²) in [7, 11) is -1.92. The summed E-state index contributed by atoms with van der Waals surface area (Å²) in [6, 6.07) is 9.03. The van der Waals surface area contributed by atoms with E-state index < -0.39 is 10.0 Å². The molecule has 0 fully saturated rings. The second-order valence-electron chi connectivity index (χ2n) is 4.11. The molecule has 0 bridgehead atoms. The van der Waals surface area contributed by atoms with Gasteiger partial charge in [0.2, 0.25) is 10.0 Å². The molecule has 0 spiro atoms. The second-order valence-corrected chi connectivity index (χ2v) is 5.87. The van der Waals surface area contributed by atoms with Gasteiger partial charge in [-0.05, 0) is 18.6 Å². The molecule has 19 heavy (non-hydrogen) atoms. The van der Waals surface area contributed by atoms with Crippen LogP contribution in [0.15, 0.2) is 41.4 Å². The number of pyridine rings is 1. The average molecular weight is 280 g/mol. The van der Waals surface area contributed by atoms with Crippen molar-refractivity contribution in [2.75, 3.05) is 20.3 Å². The fourth-order valence-corrected chi connectivity index (χ4v) is 2.76. The highest BCUT2D eigenvalue weighted by molar-refractivity contribution is 7.89. The molecule has 1 aromatic heterocycles. The van der Waals surface area contributed by atoms with E-state index in [9.17, 15) is 8.42 Å². The fourth-order valence-electron chi connectivity index (χ4n) is 1.70. The molecule has 1 N–H and O–H groups in total. The minimum Gasteiger partial charge on any atom is -0.385 e. The number of sulfonamides is 1. The third-order valence-corrected chi connectivity index (χ3v) is 4.12. The summed E-state index contributed by atoms with van der Waals surface area (Å²) in [5, 5.41) is 0.808. The van der Waals surface area contributed by atoms with Crippen LogP contribution >= 0.6 is 0 Å². The highest BCUT2D eigenvalue weighted by Gasteiger charge is 2.14. The predicted molar refractivity (Wildman–Crippen MR) is 73.4 cm³/mol. The zero-order chi connectivity index (χ0) is 13.7. The number of ether oxygens (including phenoxy) is 1. The van der Waals surface area contributed by atoms with Crippen LogP contribution in [-0.2, 0) is 14.8 Å². The molecule has 0 unspecified atom stereocenters. The third kappa shape index (κ3) is 3.50. The first-order valence-electron chi connectivity index (χ1n) is 5.97. The Morgan fingerprint density at radius 1 is 1.32 bits per heavy atom. The Morgan fingerprint density at radius 3 is 2.89 bits per heavy atom. The summed E-state index contributed by atoms with van der Waals surface area (Å²) in [4.78, 5) is 4.33. The van der Waals surface area contributed by atoms with Gasteiger partial charge in [-0.15, -0.1) is 0 Å². The van der Waals surface area contributed by atoms with Crippen molar-refractivity contribution >= 4 is 20.9 Å². The van der Waals surface area contributed by atoms with Gasteiger partial charge in [0.25, 0.3) is 0 Å². The lowest BCUT2D eigenvalue weighted by atomic mass is 10.2. The fraction of sp³-hybridized carbons (Fsp3) is 0.308. The molecule has 0 atom stereocenters. The lowest BCUT2D eigenvalue weighted by Crippen LogP contribution is -2.25. The van der Waals surface area contributed by atoms with Crippen LogP contribution < -0.4 is 4.72 Å².